The Hall–Kier alpha value is -4.32. The average molecular weight is 459 g/mol. The standard InChI is InChI=1S/C28H26O6/c29-22-11-8-18(9-12-22)4-7-21-15-25(32)28(26(33)16-21)34-27-17-20(10-13-24(27)31)6-5-19-2-1-3-23(30)14-19/h1-3,8-17,29-33H,4-7H2. The number of hydrogen-bond acceptors (Lipinski definition) is 6. The first-order valence-electron chi connectivity index (χ1n) is 11.0. The summed E-state index contributed by atoms with van der Waals surface area (Å²) < 4.78 is 5.70. The van der Waals surface area contributed by atoms with Crippen molar-refractivity contribution in [2.45, 2.75) is 25.7 Å². The van der Waals surface area contributed by atoms with E-state index < -0.39 is 0 Å². The third-order valence-corrected chi connectivity index (χ3v) is 5.60. The van der Waals surface area contributed by atoms with Crippen LogP contribution in [0.3, 0.4) is 0 Å². The fourth-order valence-electron chi connectivity index (χ4n) is 3.76. The van der Waals surface area contributed by atoms with Crippen LogP contribution in [-0.2, 0) is 25.7 Å². The van der Waals surface area contributed by atoms with Crippen LogP contribution in [0, 0.1) is 0 Å². The first kappa shape index (κ1) is 22.9. The van der Waals surface area contributed by atoms with Gasteiger partial charge >= 0.3 is 0 Å². The number of benzene rings is 4. The van der Waals surface area contributed by atoms with E-state index in [2.05, 4.69) is 0 Å². The summed E-state index contributed by atoms with van der Waals surface area (Å²) in [5.41, 5.74) is 3.61. The van der Waals surface area contributed by atoms with E-state index in [0.29, 0.717) is 25.7 Å². The van der Waals surface area contributed by atoms with Crippen LogP contribution in [0.2, 0.25) is 0 Å². The van der Waals surface area contributed by atoms with Crippen molar-refractivity contribution in [2.75, 3.05) is 0 Å². The molecule has 5 N–H and O–H groups in total. The SMILES string of the molecule is Oc1ccc(CCc2cc(O)c(Oc3cc(CCc4cccc(O)c4)ccc3O)c(O)c2)cc1. The Kier molecular flexibility index (Phi) is 6.78. The Bertz CT molecular complexity index is 1260. The molecule has 0 aliphatic carbocycles. The fourth-order valence-corrected chi connectivity index (χ4v) is 3.76. The molecule has 0 heterocycles. The van der Waals surface area contributed by atoms with Gasteiger partial charge in [0.25, 0.3) is 0 Å². The van der Waals surface area contributed by atoms with E-state index in [4.69, 9.17) is 4.74 Å². The number of phenolic OH excluding ortho intramolecular Hbond substituents is 5. The molecular weight excluding hydrogens is 432 g/mol. The smallest absolute Gasteiger partial charge is 0.210 e. The van der Waals surface area contributed by atoms with E-state index in [1.807, 2.05) is 18.2 Å². The van der Waals surface area contributed by atoms with Crippen molar-refractivity contribution in [3.8, 4) is 40.2 Å². The average Bonchev–Trinajstić information content (AvgIpc) is 2.81. The molecule has 0 aliphatic heterocycles. The zero-order valence-corrected chi connectivity index (χ0v) is 18.5. The Morgan fingerprint density at radius 3 is 1.74 bits per heavy atom. The van der Waals surface area contributed by atoms with Gasteiger partial charge in [-0.05, 0) is 96.5 Å². The minimum Gasteiger partial charge on any atom is -0.508 e. The molecule has 0 radical (unpaired) electrons. The molecule has 4 rings (SSSR count). The number of hydrogen-bond donors (Lipinski definition) is 5. The van der Waals surface area contributed by atoms with E-state index in [9.17, 15) is 25.5 Å². The topological polar surface area (TPSA) is 110 Å². The Morgan fingerprint density at radius 1 is 0.471 bits per heavy atom. The number of phenols is 5. The van der Waals surface area contributed by atoms with Crippen molar-refractivity contribution in [2.24, 2.45) is 0 Å². The van der Waals surface area contributed by atoms with Gasteiger partial charge in [0.2, 0.25) is 5.75 Å². The van der Waals surface area contributed by atoms with Crippen LogP contribution in [0.25, 0.3) is 0 Å². The number of aromatic hydroxyl groups is 5. The van der Waals surface area contributed by atoms with Crippen LogP contribution in [0.15, 0.2) is 78.9 Å². The summed E-state index contributed by atoms with van der Waals surface area (Å²) in [4.78, 5) is 0. The van der Waals surface area contributed by atoms with Crippen LogP contribution in [-0.4, -0.2) is 25.5 Å². The van der Waals surface area contributed by atoms with Gasteiger partial charge in [-0.3, -0.25) is 0 Å². The van der Waals surface area contributed by atoms with Gasteiger partial charge in [0.15, 0.2) is 23.0 Å². The zero-order chi connectivity index (χ0) is 24.1. The van der Waals surface area contributed by atoms with Gasteiger partial charge in [-0.1, -0.05) is 30.3 Å². The summed E-state index contributed by atoms with van der Waals surface area (Å²) in [5, 5.41) is 50.2. The highest BCUT2D eigenvalue weighted by Gasteiger charge is 2.15. The molecule has 6 nitrogen and oxygen atoms in total. The van der Waals surface area contributed by atoms with E-state index in [1.165, 1.54) is 18.2 Å². The summed E-state index contributed by atoms with van der Waals surface area (Å²) in [6, 6.07) is 21.9. The molecule has 0 atom stereocenters. The molecule has 0 saturated heterocycles. The van der Waals surface area contributed by atoms with E-state index in [0.717, 1.165) is 22.3 Å². The van der Waals surface area contributed by atoms with Gasteiger partial charge in [0.05, 0.1) is 0 Å². The maximum absolute atomic E-state index is 10.5. The first-order chi connectivity index (χ1) is 16.4. The highest BCUT2D eigenvalue weighted by molar-refractivity contribution is 5.56. The van der Waals surface area contributed by atoms with Crippen molar-refractivity contribution in [1.29, 1.82) is 0 Å². The lowest BCUT2D eigenvalue weighted by Crippen LogP contribution is -1.95. The second-order valence-corrected chi connectivity index (χ2v) is 8.20. The third kappa shape index (κ3) is 5.72. The highest BCUT2D eigenvalue weighted by atomic mass is 16.5. The molecule has 0 unspecified atom stereocenters. The molecule has 0 aromatic heterocycles. The summed E-state index contributed by atoms with van der Waals surface area (Å²) in [6.45, 7) is 0. The fraction of sp³-hybridized carbons (Fsp3) is 0.143. The molecule has 0 saturated carbocycles. The Balaban J connectivity index is 1.46. The quantitative estimate of drug-likeness (QED) is 0.236. The normalized spacial score (nSPS) is 10.8. The van der Waals surface area contributed by atoms with E-state index >= 15 is 0 Å². The summed E-state index contributed by atoms with van der Waals surface area (Å²) in [7, 11) is 0. The number of ether oxygens (including phenoxy) is 1. The van der Waals surface area contributed by atoms with Crippen LogP contribution in [0.1, 0.15) is 22.3 Å². The van der Waals surface area contributed by atoms with Crippen LogP contribution >= 0.6 is 0 Å². The van der Waals surface area contributed by atoms with Crippen LogP contribution < -0.4 is 4.74 Å². The molecule has 0 aliphatic rings. The predicted octanol–water partition coefficient (Wildman–Crippen LogP) is 5.58. The first-order valence-corrected chi connectivity index (χ1v) is 11.0. The van der Waals surface area contributed by atoms with Gasteiger partial charge in [-0.2, -0.15) is 0 Å². The molecule has 0 bridgehead atoms. The van der Waals surface area contributed by atoms with Crippen molar-refractivity contribution in [3.63, 3.8) is 0 Å². The van der Waals surface area contributed by atoms with Crippen LogP contribution in [0.4, 0.5) is 0 Å². The number of rotatable bonds is 8. The zero-order valence-electron chi connectivity index (χ0n) is 18.5. The van der Waals surface area contributed by atoms with E-state index in [1.54, 1.807) is 42.5 Å². The molecule has 0 spiro atoms. The highest BCUT2D eigenvalue weighted by Crippen LogP contribution is 2.42. The van der Waals surface area contributed by atoms with Crippen molar-refractivity contribution in [1.82, 2.24) is 0 Å². The van der Waals surface area contributed by atoms with Gasteiger partial charge < -0.3 is 30.3 Å². The van der Waals surface area contributed by atoms with Gasteiger partial charge in [-0.15, -0.1) is 0 Å². The van der Waals surface area contributed by atoms with Gasteiger partial charge in [0, 0.05) is 0 Å². The predicted molar refractivity (Wildman–Crippen MR) is 129 cm³/mol. The van der Waals surface area contributed by atoms with E-state index in [-0.39, 0.29) is 40.2 Å². The molecule has 174 valence electrons. The lowest BCUT2D eigenvalue weighted by atomic mass is 10.0. The van der Waals surface area contributed by atoms with Crippen LogP contribution in [0.5, 0.6) is 40.2 Å². The molecule has 4 aromatic carbocycles. The molecular formula is C28H26O6. The third-order valence-electron chi connectivity index (χ3n) is 5.60. The molecule has 0 amide bonds. The molecule has 34 heavy (non-hydrogen) atoms. The van der Waals surface area contributed by atoms with Gasteiger partial charge in [-0.25, -0.2) is 0 Å². The second-order valence-electron chi connectivity index (χ2n) is 8.20. The lowest BCUT2D eigenvalue weighted by Gasteiger charge is -2.14. The minimum absolute atomic E-state index is 0.115. The van der Waals surface area contributed by atoms with Crippen molar-refractivity contribution < 1.29 is 30.3 Å². The monoisotopic (exact) mass is 458 g/mol. The maximum Gasteiger partial charge on any atom is 0.210 e. The molecule has 4 aromatic rings. The lowest BCUT2D eigenvalue weighted by molar-refractivity contribution is 0.359. The van der Waals surface area contributed by atoms with Gasteiger partial charge in [0.1, 0.15) is 11.5 Å². The maximum atomic E-state index is 10.5. The second kappa shape index (κ2) is 10.1. The summed E-state index contributed by atoms with van der Waals surface area (Å²) >= 11 is 0. The molecule has 6 heteroatoms. The largest absolute Gasteiger partial charge is 0.508 e. The molecule has 0 fully saturated rings. The summed E-state index contributed by atoms with van der Waals surface area (Å²) in [6.07, 6.45) is 2.57. The number of aryl methyl sites for hydroxylation is 4. The van der Waals surface area contributed by atoms with Crippen molar-refractivity contribution >= 4 is 0 Å². The Morgan fingerprint density at radius 2 is 1.06 bits per heavy atom. The summed E-state index contributed by atoms with van der Waals surface area (Å²) in [5.74, 6) is -0.173. The van der Waals surface area contributed by atoms with Crippen molar-refractivity contribution in [3.05, 3.63) is 101 Å². The minimum atomic E-state index is -0.231. The Labute approximate surface area is 197 Å².